The molecule has 152 valence electrons. The van der Waals surface area contributed by atoms with Gasteiger partial charge in [0.25, 0.3) is 5.91 Å². The van der Waals surface area contributed by atoms with Gasteiger partial charge in [-0.05, 0) is 65.4 Å². The number of hydrazone groups is 1. The number of carbonyl (C=O) groups is 1. The van der Waals surface area contributed by atoms with Crippen LogP contribution in [-0.2, 0) is 14.8 Å². The topological polar surface area (TPSA) is 117 Å². The highest BCUT2D eigenvalue weighted by molar-refractivity contribution is 9.11. The number of amides is 1. The molecule has 0 radical (unpaired) electrons. The van der Waals surface area contributed by atoms with Gasteiger partial charge in [0.2, 0.25) is 10.0 Å². The molecule has 3 rings (SSSR count). The molecule has 1 aliphatic rings. The summed E-state index contributed by atoms with van der Waals surface area (Å²) in [6.07, 6.45) is 0. The van der Waals surface area contributed by atoms with E-state index in [2.05, 4.69) is 47.7 Å². The van der Waals surface area contributed by atoms with E-state index in [1.54, 1.807) is 17.0 Å². The maximum Gasteiger partial charge on any atom is 0.279 e. The molecule has 1 heterocycles. The molecule has 0 aliphatic carbocycles. The molecule has 0 bridgehead atoms. The molecule has 2 aromatic carbocycles. The third-order valence-corrected chi connectivity index (χ3v) is 6.17. The van der Waals surface area contributed by atoms with Crippen LogP contribution in [0.2, 0.25) is 0 Å². The van der Waals surface area contributed by atoms with Crippen molar-refractivity contribution < 1.29 is 13.2 Å². The standard InChI is InChI=1S/C17H15Br2N5O3S2/c1-2-24-15-12(6-9(18)7-13(15)19)14(16(24)25)22-23-17(28)21-10-4-3-5-11(8-10)29(20,26)27/h3-8H,2H2,1H3,(H2,20,26,27)(H2,21,23,28). The summed E-state index contributed by atoms with van der Waals surface area (Å²) >= 11 is 12.1. The monoisotopic (exact) mass is 559 g/mol. The molecule has 0 unspecified atom stereocenters. The largest absolute Gasteiger partial charge is 0.331 e. The highest BCUT2D eigenvalue weighted by Crippen LogP contribution is 2.38. The molecule has 0 atom stereocenters. The van der Waals surface area contributed by atoms with Gasteiger partial charge in [-0.1, -0.05) is 22.0 Å². The van der Waals surface area contributed by atoms with Crippen LogP contribution in [0.4, 0.5) is 11.4 Å². The first-order valence-electron chi connectivity index (χ1n) is 8.20. The Hall–Kier alpha value is -1.86. The van der Waals surface area contributed by atoms with Gasteiger partial charge < -0.3 is 10.2 Å². The second kappa shape index (κ2) is 8.48. The van der Waals surface area contributed by atoms with Crippen LogP contribution in [0.1, 0.15) is 12.5 Å². The first-order chi connectivity index (χ1) is 13.6. The van der Waals surface area contributed by atoms with Gasteiger partial charge in [0.1, 0.15) is 0 Å². The van der Waals surface area contributed by atoms with Crippen molar-refractivity contribution in [1.82, 2.24) is 5.43 Å². The zero-order chi connectivity index (χ0) is 21.3. The second-order valence-corrected chi connectivity index (χ2v) is 9.67. The molecule has 1 aliphatic heterocycles. The fraction of sp³-hybridized carbons (Fsp3) is 0.118. The Morgan fingerprint density at radius 2 is 2.00 bits per heavy atom. The lowest BCUT2D eigenvalue weighted by atomic mass is 10.1. The van der Waals surface area contributed by atoms with E-state index < -0.39 is 10.0 Å². The lowest BCUT2D eigenvalue weighted by molar-refractivity contribution is -0.112. The molecule has 0 spiro atoms. The Morgan fingerprint density at radius 1 is 1.28 bits per heavy atom. The van der Waals surface area contributed by atoms with Crippen LogP contribution in [0.25, 0.3) is 0 Å². The minimum atomic E-state index is -3.83. The summed E-state index contributed by atoms with van der Waals surface area (Å²) in [4.78, 5) is 14.3. The highest BCUT2D eigenvalue weighted by atomic mass is 79.9. The molecule has 0 saturated heterocycles. The molecular formula is C17H15Br2N5O3S2. The van der Waals surface area contributed by atoms with Gasteiger partial charge >= 0.3 is 0 Å². The zero-order valence-corrected chi connectivity index (χ0v) is 19.7. The fourth-order valence-electron chi connectivity index (χ4n) is 2.79. The van der Waals surface area contributed by atoms with Crippen molar-refractivity contribution in [3.63, 3.8) is 0 Å². The van der Waals surface area contributed by atoms with Gasteiger partial charge in [-0.15, -0.1) is 0 Å². The van der Waals surface area contributed by atoms with Gasteiger partial charge in [0, 0.05) is 26.7 Å². The molecule has 0 saturated carbocycles. The quantitative estimate of drug-likeness (QED) is 0.391. The number of rotatable bonds is 4. The molecule has 1 amide bonds. The van der Waals surface area contributed by atoms with E-state index in [9.17, 15) is 13.2 Å². The average Bonchev–Trinajstić information content (AvgIpc) is 2.90. The van der Waals surface area contributed by atoms with Crippen molar-refractivity contribution in [1.29, 1.82) is 0 Å². The van der Waals surface area contributed by atoms with Crippen LogP contribution in [0, 0.1) is 0 Å². The van der Waals surface area contributed by atoms with Crippen molar-refractivity contribution in [3.05, 3.63) is 50.9 Å². The van der Waals surface area contributed by atoms with E-state index >= 15 is 0 Å². The number of nitrogens with zero attached hydrogens (tertiary/aromatic N) is 2. The smallest absolute Gasteiger partial charge is 0.279 e. The molecule has 8 nitrogen and oxygen atoms in total. The van der Waals surface area contributed by atoms with Crippen molar-refractivity contribution in [2.24, 2.45) is 10.2 Å². The summed E-state index contributed by atoms with van der Waals surface area (Å²) in [6.45, 7) is 2.35. The SMILES string of the molecule is CCN1C(=O)C(=NNC(=S)Nc2cccc(S(N)(=O)=O)c2)c2cc(Br)cc(Br)c21. The normalized spacial score (nSPS) is 14.8. The number of primary sulfonamides is 1. The minimum absolute atomic E-state index is 0.0511. The first-order valence-corrected chi connectivity index (χ1v) is 11.7. The van der Waals surface area contributed by atoms with E-state index in [0.29, 0.717) is 17.8 Å². The molecule has 0 fully saturated rings. The van der Waals surface area contributed by atoms with Crippen LogP contribution >= 0.6 is 44.1 Å². The number of likely N-dealkylation sites (N-methyl/N-ethyl adjacent to an activating group) is 1. The number of fused-ring (bicyclic) bond motifs is 1. The number of sulfonamides is 1. The van der Waals surface area contributed by atoms with Crippen LogP contribution in [0.5, 0.6) is 0 Å². The first kappa shape index (κ1) is 21.8. The number of thiocarbonyl (C=S) groups is 1. The van der Waals surface area contributed by atoms with Crippen molar-refractivity contribution >= 4 is 82.2 Å². The number of nitrogens with one attached hydrogen (secondary N) is 2. The molecule has 29 heavy (non-hydrogen) atoms. The van der Waals surface area contributed by atoms with Gasteiger partial charge in [0.05, 0.1) is 10.6 Å². The molecular weight excluding hydrogens is 546 g/mol. The van der Waals surface area contributed by atoms with Crippen LogP contribution in [0.3, 0.4) is 0 Å². The lowest BCUT2D eigenvalue weighted by Crippen LogP contribution is -2.32. The third kappa shape index (κ3) is 4.67. The van der Waals surface area contributed by atoms with Crippen molar-refractivity contribution in [2.45, 2.75) is 11.8 Å². The summed E-state index contributed by atoms with van der Waals surface area (Å²) in [5.74, 6) is -0.257. The summed E-state index contributed by atoms with van der Waals surface area (Å²) < 4.78 is 24.5. The number of anilines is 2. The fourth-order valence-corrected chi connectivity index (χ4v) is 4.95. The number of nitrogens with two attached hydrogens (primary N) is 1. The maximum atomic E-state index is 12.8. The molecule has 12 heteroatoms. The van der Waals surface area contributed by atoms with Gasteiger partial charge in [-0.2, -0.15) is 5.10 Å². The summed E-state index contributed by atoms with van der Waals surface area (Å²) in [5, 5.41) is 12.2. The lowest BCUT2D eigenvalue weighted by Gasteiger charge is -2.15. The summed E-state index contributed by atoms with van der Waals surface area (Å²) in [6, 6.07) is 9.54. The van der Waals surface area contributed by atoms with E-state index in [1.807, 2.05) is 13.0 Å². The number of benzene rings is 2. The molecule has 2 aromatic rings. The van der Waals surface area contributed by atoms with Crippen molar-refractivity contribution in [3.8, 4) is 0 Å². The Labute approximate surface area is 189 Å². The van der Waals surface area contributed by atoms with E-state index in [1.165, 1.54) is 18.2 Å². The van der Waals surface area contributed by atoms with E-state index in [4.69, 9.17) is 17.4 Å². The number of hydrogen-bond donors (Lipinski definition) is 3. The highest BCUT2D eigenvalue weighted by Gasteiger charge is 2.35. The summed E-state index contributed by atoms with van der Waals surface area (Å²) in [7, 11) is -3.83. The van der Waals surface area contributed by atoms with E-state index in [-0.39, 0.29) is 21.6 Å². The Bertz CT molecular complexity index is 1150. The Morgan fingerprint density at radius 3 is 2.66 bits per heavy atom. The Kier molecular flexibility index (Phi) is 6.39. The maximum absolute atomic E-state index is 12.8. The second-order valence-electron chi connectivity index (χ2n) is 5.93. The number of halogens is 2. The van der Waals surface area contributed by atoms with Crippen molar-refractivity contribution in [2.75, 3.05) is 16.8 Å². The minimum Gasteiger partial charge on any atom is -0.331 e. The van der Waals surface area contributed by atoms with Crippen LogP contribution < -0.4 is 20.8 Å². The third-order valence-electron chi connectivity index (χ3n) is 4.01. The predicted molar refractivity (Wildman–Crippen MR) is 124 cm³/mol. The van der Waals surface area contributed by atoms with Gasteiger partial charge in [-0.3, -0.25) is 10.2 Å². The molecule has 0 aromatic heterocycles. The van der Waals surface area contributed by atoms with E-state index in [0.717, 1.165) is 14.6 Å². The zero-order valence-electron chi connectivity index (χ0n) is 14.9. The number of hydrogen-bond acceptors (Lipinski definition) is 5. The Balaban J connectivity index is 1.84. The van der Waals surface area contributed by atoms with Crippen LogP contribution in [-0.4, -0.2) is 31.7 Å². The van der Waals surface area contributed by atoms with Gasteiger partial charge in [-0.25, -0.2) is 13.6 Å². The van der Waals surface area contributed by atoms with Gasteiger partial charge in [0.15, 0.2) is 10.8 Å². The number of carbonyl (C=O) groups excluding carboxylic acids is 1. The summed E-state index contributed by atoms with van der Waals surface area (Å²) in [5.41, 5.74) is 4.65. The average molecular weight is 561 g/mol. The molecule has 4 N–H and O–H groups in total. The predicted octanol–water partition coefficient (Wildman–Crippen LogP) is 2.92. The van der Waals surface area contributed by atoms with Crippen LogP contribution in [0.15, 0.2) is 55.3 Å².